The van der Waals surface area contributed by atoms with Gasteiger partial charge in [0.2, 0.25) is 0 Å². The minimum absolute atomic E-state index is 0.0144. The lowest BCUT2D eigenvalue weighted by Gasteiger charge is -2.53. The van der Waals surface area contributed by atoms with E-state index in [0.717, 1.165) is 91.4 Å². The van der Waals surface area contributed by atoms with E-state index < -0.39 is 6.17 Å². The minimum Gasteiger partial charge on any atom is -0.485 e. The number of benzene rings is 3. The molecule has 1 heterocycles. The topological polar surface area (TPSA) is 15.7 Å². The Hall–Kier alpha value is -7.38. The highest BCUT2D eigenvalue weighted by Gasteiger charge is 2.63. The Morgan fingerprint density at radius 3 is 2.16 bits per heavy atom. The number of halogens is 4. The van der Waals surface area contributed by atoms with Crippen molar-refractivity contribution in [2.75, 3.05) is 9.80 Å². The highest BCUT2D eigenvalue weighted by molar-refractivity contribution is 5.69. The van der Waals surface area contributed by atoms with E-state index in [2.05, 4.69) is 181 Å². The van der Waals surface area contributed by atoms with E-state index in [9.17, 15) is 0 Å². The number of hydrogen-bond donors (Lipinski definition) is 0. The van der Waals surface area contributed by atoms with Gasteiger partial charge in [-0.3, -0.25) is 0 Å². The summed E-state index contributed by atoms with van der Waals surface area (Å²) in [7, 11) is 0. The van der Waals surface area contributed by atoms with Gasteiger partial charge < -0.3 is 14.5 Å². The fourth-order valence-corrected chi connectivity index (χ4v) is 20.3. The zero-order chi connectivity index (χ0) is 60.1. The number of alkyl halides is 1. The van der Waals surface area contributed by atoms with Gasteiger partial charge in [0, 0.05) is 76.6 Å². The van der Waals surface area contributed by atoms with Crippen LogP contribution in [0.4, 0.5) is 28.9 Å². The molecule has 1 fully saturated rings. The van der Waals surface area contributed by atoms with Crippen LogP contribution in [0.25, 0.3) is 12.2 Å². The van der Waals surface area contributed by atoms with E-state index in [4.69, 9.17) is 4.74 Å². The maximum Gasteiger partial charge on any atom is 0.128 e. The Morgan fingerprint density at radius 2 is 1.40 bits per heavy atom. The molecule has 0 N–H and O–H groups in total. The Bertz CT molecular complexity index is 3970. The van der Waals surface area contributed by atoms with Crippen LogP contribution in [0.5, 0.6) is 5.75 Å². The van der Waals surface area contributed by atoms with E-state index in [1.807, 2.05) is 30.4 Å². The van der Waals surface area contributed by atoms with Gasteiger partial charge in [0.05, 0.1) is 17.7 Å². The van der Waals surface area contributed by atoms with Gasteiger partial charge in [-0.05, 0) is 206 Å². The third-order valence-corrected chi connectivity index (χ3v) is 24.1. The molecule has 3 nitrogen and oxygen atoms in total. The van der Waals surface area contributed by atoms with Gasteiger partial charge in [-0.1, -0.05) is 164 Å². The smallest absolute Gasteiger partial charge is 0.128 e. The van der Waals surface area contributed by atoms with E-state index in [1.54, 1.807) is 12.2 Å². The van der Waals surface area contributed by atoms with Crippen molar-refractivity contribution in [3.05, 3.63) is 268 Å². The maximum atomic E-state index is 15.2. The number of nitrogens with zero attached hydrogens (tertiary/aromatic N) is 2. The van der Waals surface area contributed by atoms with Crippen molar-refractivity contribution in [1.82, 2.24) is 0 Å². The monoisotopic (exact) mass is 1190 g/mol. The maximum absolute atomic E-state index is 15.2. The van der Waals surface area contributed by atoms with Crippen LogP contribution in [0.1, 0.15) is 125 Å². The Kier molecular flexibility index (Phi) is 14.6. The van der Waals surface area contributed by atoms with Crippen LogP contribution >= 0.6 is 0 Å². The molecule has 1 aliphatic heterocycles. The second kappa shape index (κ2) is 22.8. The molecule has 17 atom stereocenters. The van der Waals surface area contributed by atoms with E-state index in [1.165, 1.54) is 33.1 Å². The second-order valence-electron chi connectivity index (χ2n) is 28.1. The zero-order valence-electron chi connectivity index (χ0n) is 51.0. The molecule has 7 heteroatoms. The average molecular weight is 1190 g/mol. The van der Waals surface area contributed by atoms with E-state index >= 15 is 17.6 Å². The number of fused-ring (bicyclic) bond motifs is 10. The van der Waals surface area contributed by atoms with Gasteiger partial charge in [-0.2, -0.15) is 0 Å². The first-order valence-corrected chi connectivity index (χ1v) is 33.7. The van der Waals surface area contributed by atoms with Gasteiger partial charge in [-0.15, -0.1) is 6.58 Å². The minimum atomic E-state index is -1.04. The Labute approximate surface area is 523 Å². The third-order valence-electron chi connectivity index (χ3n) is 24.1. The van der Waals surface area contributed by atoms with Crippen LogP contribution in [-0.2, 0) is 5.41 Å². The quantitative estimate of drug-likeness (QED) is 0.133. The molecule has 0 bridgehead atoms. The molecule has 12 aliphatic carbocycles. The van der Waals surface area contributed by atoms with E-state index in [-0.39, 0.29) is 94.0 Å². The first kappa shape index (κ1) is 56.8. The lowest BCUT2D eigenvalue weighted by atomic mass is 9.51. The molecule has 1 saturated carbocycles. The molecular formula is C82H82F4N2O. The van der Waals surface area contributed by atoms with Crippen LogP contribution in [0.15, 0.2) is 241 Å². The molecule has 0 aromatic heterocycles. The second-order valence-corrected chi connectivity index (χ2v) is 28.1. The summed E-state index contributed by atoms with van der Waals surface area (Å²) in [6.07, 6.45) is 61.0. The predicted molar refractivity (Wildman–Crippen MR) is 355 cm³/mol. The lowest BCUT2D eigenvalue weighted by Crippen LogP contribution is -2.52. The highest BCUT2D eigenvalue weighted by Crippen LogP contribution is 2.69. The molecule has 0 amide bonds. The molecule has 16 rings (SSSR count). The summed E-state index contributed by atoms with van der Waals surface area (Å²) in [5.74, 6) is 3.32. The first-order valence-electron chi connectivity index (χ1n) is 33.7. The number of allylic oxidation sites excluding steroid dienone is 24. The van der Waals surface area contributed by atoms with Gasteiger partial charge in [0.15, 0.2) is 0 Å². The molecule has 13 aliphatic rings. The summed E-state index contributed by atoms with van der Waals surface area (Å²) >= 11 is 0. The normalized spacial score (nSPS) is 36.6. The molecule has 0 saturated heterocycles. The van der Waals surface area contributed by atoms with E-state index in [0.29, 0.717) is 56.3 Å². The molecule has 3 aromatic carbocycles. The molecule has 3 aromatic rings. The van der Waals surface area contributed by atoms with Crippen LogP contribution in [-0.4, -0.2) is 30.4 Å². The molecule has 0 spiro atoms. The van der Waals surface area contributed by atoms with Gasteiger partial charge in [-0.25, -0.2) is 17.6 Å². The molecule has 0 radical (unpaired) electrons. The van der Waals surface area contributed by atoms with Crippen molar-refractivity contribution in [1.29, 1.82) is 0 Å². The Morgan fingerprint density at radius 1 is 0.596 bits per heavy atom. The van der Waals surface area contributed by atoms with Crippen molar-refractivity contribution >= 4 is 23.5 Å². The zero-order valence-corrected chi connectivity index (χ0v) is 51.0. The van der Waals surface area contributed by atoms with Gasteiger partial charge >= 0.3 is 0 Å². The van der Waals surface area contributed by atoms with Gasteiger partial charge in [0.25, 0.3) is 0 Å². The van der Waals surface area contributed by atoms with Crippen molar-refractivity contribution < 1.29 is 22.3 Å². The number of rotatable bonds is 12. The van der Waals surface area contributed by atoms with Crippen LogP contribution in [0.2, 0.25) is 0 Å². The summed E-state index contributed by atoms with van der Waals surface area (Å²) in [6.45, 7) is 8.33. The first-order chi connectivity index (χ1) is 43.6. The molecule has 89 heavy (non-hydrogen) atoms. The molecular weight excluding hydrogens is 1100 g/mol. The summed E-state index contributed by atoms with van der Waals surface area (Å²) < 4.78 is 67.6. The van der Waals surface area contributed by atoms with Gasteiger partial charge in [0.1, 0.15) is 23.9 Å². The van der Waals surface area contributed by atoms with Crippen molar-refractivity contribution in [2.45, 2.75) is 144 Å². The van der Waals surface area contributed by atoms with Crippen molar-refractivity contribution in [3.8, 4) is 5.75 Å². The number of ether oxygens (including phenoxy) is 1. The van der Waals surface area contributed by atoms with Crippen molar-refractivity contribution in [2.24, 2.45) is 52.8 Å². The summed E-state index contributed by atoms with van der Waals surface area (Å²) in [6, 6.07) is 23.1. The predicted octanol–water partition coefficient (Wildman–Crippen LogP) is 18.7. The van der Waals surface area contributed by atoms with Crippen LogP contribution in [0.3, 0.4) is 0 Å². The molecule has 454 valence electrons. The fraction of sp³-hybridized carbons (Fsp3) is 0.390. The largest absolute Gasteiger partial charge is 0.485 e. The summed E-state index contributed by atoms with van der Waals surface area (Å²) in [4.78, 5) is 5.14. The highest BCUT2D eigenvalue weighted by atomic mass is 19.1. The average Bonchev–Trinajstić information content (AvgIpc) is 1.65. The fourth-order valence-electron chi connectivity index (χ4n) is 20.3. The SMILES string of the molecule is C=CC1=CCC(C2(C3CC=C(F)CC3)c3ccccc3C3C=CC(N(c4ccc5c(c4)=CC4c6cc(N(C7=CCC(F)C=C7)C7C=CC8C9C=CC=CC9C(C9=CCC(C=C)C=C9)(C9=CC=C(F)CC9)C8C7)ccc6OC4C=5)C4CC=C(F)CC4)CC32)CC1. The Balaban J connectivity index is 0.761. The lowest BCUT2D eigenvalue weighted by molar-refractivity contribution is 0.0681. The third kappa shape index (κ3) is 9.37. The van der Waals surface area contributed by atoms with Crippen LogP contribution in [0, 0.1) is 52.8 Å². The standard InChI is InChI=1S/C82H82F4N2O/c1-3-51-13-18-55(19-14-51)81(57-22-26-59(83)27-23-57)75-11-7-5-9-69(75)71-42-39-67(49-77(71)81)87(63-35-30-61(85)31-36-63)65-34-17-53-47-80-73(46-54(53)45-65)74-48-66(41-44-79(74)89-80)88(64-37-32-62(86)33-38-64)68-40-43-72-70-10-6-8-12-76(70)82(78(72)50-68,58-24-28-60(84)29-25-58)56-20-15-52(4-2)16-21-56/h3-13,15,17,20-21,24,26,28,30,32,34,37-48,52,55,57,62-63,67-68,70-73,76-78,80H,1-2,14,16,18-19,22-23,25,27,29,31,33,35-36,49-50H2. The number of anilines is 2. The molecule has 17 unspecified atom stereocenters. The van der Waals surface area contributed by atoms with Crippen molar-refractivity contribution in [3.63, 3.8) is 0 Å². The van der Waals surface area contributed by atoms with Crippen LogP contribution < -0.4 is 25.0 Å². The summed E-state index contributed by atoms with van der Waals surface area (Å²) in [5, 5.41) is 2.31. The summed E-state index contributed by atoms with van der Waals surface area (Å²) in [5.41, 5.74) is 10.8. The number of hydrogen-bond acceptors (Lipinski definition) is 3.